The molecule has 2 aromatic heterocycles. The van der Waals surface area contributed by atoms with Crippen LogP contribution in [-0.2, 0) is 13.0 Å². The standard InChI is InChI=1S/C19H29N5OS.HI/c1-14-18(15(2)25-23-14)4-8-21-19(20-3)22-17-5-9-24(10-6-17)12-16-7-11-26-13-16;/h7,11,13,17H,4-6,8-10,12H2,1-3H3,(H2,20,21,22);1H. The van der Waals surface area contributed by atoms with Gasteiger partial charge in [0.1, 0.15) is 5.76 Å². The Bertz CT molecular complexity index is 688. The molecule has 1 aliphatic rings. The first kappa shape index (κ1) is 22.2. The van der Waals surface area contributed by atoms with Crippen LogP contribution in [0.4, 0.5) is 0 Å². The topological polar surface area (TPSA) is 65.7 Å². The summed E-state index contributed by atoms with van der Waals surface area (Å²) in [6.45, 7) is 8.10. The van der Waals surface area contributed by atoms with Crippen molar-refractivity contribution in [3.05, 3.63) is 39.4 Å². The molecule has 1 saturated heterocycles. The lowest BCUT2D eigenvalue weighted by Gasteiger charge is -2.32. The Hall–Kier alpha value is -1.13. The fourth-order valence-corrected chi connectivity index (χ4v) is 4.09. The number of thiophene rings is 1. The van der Waals surface area contributed by atoms with Gasteiger partial charge in [0.05, 0.1) is 5.69 Å². The van der Waals surface area contributed by atoms with Crippen molar-refractivity contribution < 1.29 is 4.52 Å². The average molecular weight is 503 g/mol. The van der Waals surface area contributed by atoms with Crippen LogP contribution in [0.15, 0.2) is 26.3 Å². The summed E-state index contributed by atoms with van der Waals surface area (Å²) in [5, 5.41) is 15.4. The summed E-state index contributed by atoms with van der Waals surface area (Å²) in [5.41, 5.74) is 3.60. The Morgan fingerprint density at radius 1 is 1.37 bits per heavy atom. The number of halogens is 1. The van der Waals surface area contributed by atoms with E-state index in [2.05, 4.69) is 42.5 Å². The van der Waals surface area contributed by atoms with E-state index in [1.165, 1.54) is 11.1 Å². The molecule has 2 N–H and O–H groups in total. The molecule has 3 rings (SSSR count). The Morgan fingerprint density at radius 2 is 2.15 bits per heavy atom. The molecular formula is C19H30IN5OS. The molecule has 2 aromatic rings. The molecule has 1 aliphatic heterocycles. The molecule has 0 spiro atoms. The van der Waals surface area contributed by atoms with Crippen LogP contribution in [-0.4, -0.2) is 48.7 Å². The van der Waals surface area contributed by atoms with Gasteiger partial charge >= 0.3 is 0 Å². The van der Waals surface area contributed by atoms with Gasteiger partial charge in [0.15, 0.2) is 5.96 Å². The Kier molecular flexibility index (Phi) is 9.04. The minimum Gasteiger partial charge on any atom is -0.361 e. The zero-order valence-electron chi connectivity index (χ0n) is 16.3. The number of guanidine groups is 1. The molecule has 0 bridgehead atoms. The molecule has 6 nitrogen and oxygen atoms in total. The molecule has 0 unspecified atom stereocenters. The predicted octanol–water partition coefficient (Wildman–Crippen LogP) is 3.34. The molecule has 8 heteroatoms. The van der Waals surface area contributed by atoms with Gasteiger partial charge in [-0.2, -0.15) is 11.3 Å². The molecule has 0 amide bonds. The van der Waals surface area contributed by atoms with E-state index in [1.807, 2.05) is 20.9 Å². The first-order chi connectivity index (χ1) is 12.7. The second-order valence-electron chi connectivity index (χ2n) is 6.88. The normalized spacial score (nSPS) is 16.2. The predicted molar refractivity (Wildman–Crippen MR) is 122 cm³/mol. The van der Waals surface area contributed by atoms with Crippen LogP contribution in [0.1, 0.15) is 35.4 Å². The van der Waals surface area contributed by atoms with Crippen molar-refractivity contribution in [2.45, 2.75) is 45.7 Å². The average Bonchev–Trinajstić information content (AvgIpc) is 3.27. The molecule has 0 radical (unpaired) electrons. The summed E-state index contributed by atoms with van der Waals surface area (Å²) in [6.07, 6.45) is 3.18. The maximum absolute atomic E-state index is 5.22. The third-order valence-electron chi connectivity index (χ3n) is 4.99. The first-order valence-electron chi connectivity index (χ1n) is 9.28. The summed E-state index contributed by atoms with van der Waals surface area (Å²) in [6, 6.07) is 2.71. The van der Waals surface area contributed by atoms with Gasteiger partial charge in [-0.25, -0.2) is 0 Å². The SMILES string of the molecule is CN=C(NCCc1c(C)noc1C)NC1CCN(Cc2ccsc2)CC1.I. The molecule has 150 valence electrons. The van der Waals surface area contributed by atoms with Crippen molar-refractivity contribution in [2.75, 3.05) is 26.7 Å². The Balaban J connectivity index is 0.00000261. The lowest BCUT2D eigenvalue weighted by Crippen LogP contribution is -2.48. The fraction of sp³-hybridized carbons (Fsp3) is 0.579. The van der Waals surface area contributed by atoms with E-state index in [-0.39, 0.29) is 24.0 Å². The van der Waals surface area contributed by atoms with Gasteiger partial charge in [-0.05, 0) is 55.5 Å². The summed E-state index contributed by atoms with van der Waals surface area (Å²) in [4.78, 5) is 6.90. The van der Waals surface area contributed by atoms with Gasteiger partial charge in [0.25, 0.3) is 0 Å². The van der Waals surface area contributed by atoms with E-state index in [0.717, 1.165) is 62.9 Å². The minimum absolute atomic E-state index is 0. The van der Waals surface area contributed by atoms with Crippen LogP contribution >= 0.6 is 35.3 Å². The number of nitrogens with zero attached hydrogens (tertiary/aromatic N) is 3. The second-order valence-corrected chi connectivity index (χ2v) is 7.66. The van der Waals surface area contributed by atoms with Gasteiger partial charge in [-0.3, -0.25) is 9.89 Å². The highest BCUT2D eigenvalue weighted by atomic mass is 127. The molecule has 0 aliphatic carbocycles. The van der Waals surface area contributed by atoms with E-state index in [0.29, 0.717) is 6.04 Å². The van der Waals surface area contributed by atoms with Gasteiger partial charge in [0, 0.05) is 44.8 Å². The number of aliphatic imine (C=N–C) groups is 1. The quantitative estimate of drug-likeness (QED) is 0.360. The highest BCUT2D eigenvalue weighted by molar-refractivity contribution is 14.0. The number of aromatic nitrogens is 1. The van der Waals surface area contributed by atoms with Crippen LogP contribution in [0, 0.1) is 13.8 Å². The van der Waals surface area contributed by atoms with Crippen molar-refractivity contribution >= 4 is 41.3 Å². The van der Waals surface area contributed by atoms with E-state index >= 15 is 0 Å². The zero-order valence-corrected chi connectivity index (χ0v) is 19.5. The van der Waals surface area contributed by atoms with E-state index in [4.69, 9.17) is 4.52 Å². The minimum atomic E-state index is 0. The van der Waals surface area contributed by atoms with Gasteiger partial charge in [-0.1, -0.05) is 5.16 Å². The van der Waals surface area contributed by atoms with E-state index < -0.39 is 0 Å². The molecule has 3 heterocycles. The maximum atomic E-state index is 5.22. The number of aryl methyl sites for hydroxylation is 2. The molecule has 27 heavy (non-hydrogen) atoms. The van der Waals surface area contributed by atoms with Gasteiger partial charge in [0.2, 0.25) is 0 Å². The monoisotopic (exact) mass is 503 g/mol. The Labute approximate surface area is 182 Å². The lowest BCUT2D eigenvalue weighted by atomic mass is 10.0. The van der Waals surface area contributed by atoms with E-state index in [1.54, 1.807) is 11.3 Å². The van der Waals surface area contributed by atoms with Crippen LogP contribution < -0.4 is 10.6 Å². The second kappa shape index (κ2) is 11.0. The van der Waals surface area contributed by atoms with Gasteiger partial charge in [-0.15, -0.1) is 24.0 Å². The largest absolute Gasteiger partial charge is 0.361 e. The first-order valence-corrected chi connectivity index (χ1v) is 10.2. The van der Waals surface area contributed by atoms with Crippen molar-refractivity contribution in [1.82, 2.24) is 20.7 Å². The summed E-state index contributed by atoms with van der Waals surface area (Å²) in [7, 11) is 1.83. The lowest BCUT2D eigenvalue weighted by molar-refractivity contribution is 0.198. The zero-order chi connectivity index (χ0) is 18.4. The third-order valence-corrected chi connectivity index (χ3v) is 5.72. The number of nitrogens with one attached hydrogen (secondary N) is 2. The number of likely N-dealkylation sites (tertiary alicyclic amines) is 1. The number of hydrogen-bond donors (Lipinski definition) is 2. The maximum Gasteiger partial charge on any atom is 0.191 e. The molecular weight excluding hydrogens is 473 g/mol. The molecule has 0 atom stereocenters. The number of hydrogen-bond acceptors (Lipinski definition) is 5. The summed E-state index contributed by atoms with van der Waals surface area (Å²) < 4.78 is 5.22. The Morgan fingerprint density at radius 3 is 2.74 bits per heavy atom. The van der Waals surface area contributed by atoms with E-state index in [9.17, 15) is 0 Å². The van der Waals surface area contributed by atoms with Crippen molar-refractivity contribution in [3.8, 4) is 0 Å². The highest BCUT2D eigenvalue weighted by Crippen LogP contribution is 2.15. The van der Waals surface area contributed by atoms with Crippen molar-refractivity contribution in [2.24, 2.45) is 4.99 Å². The fourth-order valence-electron chi connectivity index (χ4n) is 3.43. The van der Waals surface area contributed by atoms with Crippen molar-refractivity contribution in [1.29, 1.82) is 0 Å². The number of piperidine rings is 1. The van der Waals surface area contributed by atoms with Crippen LogP contribution in [0.2, 0.25) is 0 Å². The van der Waals surface area contributed by atoms with Crippen LogP contribution in [0.25, 0.3) is 0 Å². The van der Waals surface area contributed by atoms with Crippen molar-refractivity contribution in [3.63, 3.8) is 0 Å². The van der Waals surface area contributed by atoms with Crippen LogP contribution in [0.3, 0.4) is 0 Å². The molecule has 0 saturated carbocycles. The third kappa shape index (κ3) is 6.46. The van der Waals surface area contributed by atoms with Gasteiger partial charge < -0.3 is 15.2 Å². The molecule has 0 aromatic carbocycles. The summed E-state index contributed by atoms with van der Waals surface area (Å²) >= 11 is 1.78. The summed E-state index contributed by atoms with van der Waals surface area (Å²) in [5.74, 6) is 1.79. The molecule has 1 fully saturated rings. The van der Waals surface area contributed by atoms with Crippen LogP contribution in [0.5, 0.6) is 0 Å². The number of rotatable bonds is 6. The smallest absolute Gasteiger partial charge is 0.191 e. The highest BCUT2D eigenvalue weighted by Gasteiger charge is 2.20.